The predicted molar refractivity (Wildman–Crippen MR) is 338 cm³/mol. The van der Waals surface area contributed by atoms with Crippen LogP contribution in [-0.2, 0) is 38.4 Å². The minimum Gasteiger partial charge on any atom is -0.368 e. The third kappa shape index (κ3) is 43.4. The van der Waals surface area contributed by atoms with Gasteiger partial charge in [0.25, 0.3) is 0 Å². The van der Waals surface area contributed by atoms with Gasteiger partial charge in [0.1, 0.15) is 30.2 Å². The number of carbonyl (C=O) groups excluding carboxylic acids is 8. The van der Waals surface area contributed by atoms with Gasteiger partial charge in [0.2, 0.25) is 47.3 Å². The molecule has 0 aliphatic heterocycles. The lowest BCUT2D eigenvalue weighted by Crippen LogP contribution is -2.59. The fraction of sp³-hybridized carbons (Fsp3) is 0.812. The van der Waals surface area contributed by atoms with Crippen molar-refractivity contribution in [2.75, 3.05) is 26.2 Å². The molecule has 0 spiro atoms. The molecule has 0 aromatic heterocycles. The molecule has 8 amide bonds. The van der Waals surface area contributed by atoms with Crippen LogP contribution in [0.1, 0.15) is 253 Å². The fourth-order valence-corrected chi connectivity index (χ4v) is 9.47. The van der Waals surface area contributed by atoms with Gasteiger partial charge in [0.05, 0.1) is 12.1 Å². The monoisotopic (exact) mass is 1180 g/mol. The summed E-state index contributed by atoms with van der Waals surface area (Å²) in [5.74, 6) is 8.06. The molecule has 20 nitrogen and oxygen atoms in total. The van der Waals surface area contributed by atoms with E-state index in [-0.39, 0.29) is 49.3 Å². The first-order chi connectivity index (χ1) is 40.3. The largest absolute Gasteiger partial charge is 0.368 e. The Labute approximate surface area is 507 Å². The Morgan fingerprint density at radius 2 is 0.786 bits per heavy atom. The van der Waals surface area contributed by atoms with Crippen LogP contribution in [0.5, 0.6) is 0 Å². The number of amides is 8. The molecule has 0 unspecified atom stereocenters. The van der Waals surface area contributed by atoms with Gasteiger partial charge in [-0.05, 0) is 140 Å². The van der Waals surface area contributed by atoms with Crippen LogP contribution < -0.4 is 65.9 Å². The Bertz CT molecular complexity index is 1970. The molecule has 0 aliphatic carbocycles. The second-order valence-electron chi connectivity index (χ2n) is 23.7. The summed E-state index contributed by atoms with van der Waals surface area (Å²) in [7, 11) is 0. The van der Waals surface area contributed by atoms with Gasteiger partial charge in [-0.25, -0.2) is 0 Å². The van der Waals surface area contributed by atoms with Crippen LogP contribution in [0, 0.1) is 35.5 Å². The lowest BCUT2D eigenvalue weighted by Gasteiger charge is -2.28. The first-order valence-corrected chi connectivity index (χ1v) is 32.5. The number of carbonyl (C=O) groups is 8. The van der Waals surface area contributed by atoms with Crippen LogP contribution in [0.25, 0.3) is 0 Å². The molecule has 0 aromatic carbocycles. The van der Waals surface area contributed by atoms with E-state index in [4.69, 9.17) is 28.7 Å². The molecule has 0 saturated carbocycles. The van der Waals surface area contributed by atoms with Gasteiger partial charge in [-0.1, -0.05) is 143 Å². The second kappa shape index (κ2) is 52.1. The molecule has 17 N–H and O–H groups in total. The van der Waals surface area contributed by atoms with Gasteiger partial charge in [0.15, 0.2) is 0 Å². The van der Waals surface area contributed by atoms with Crippen molar-refractivity contribution in [3.8, 4) is 23.7 Å². The molecule has 0 radical (unpaired) electrons. The Balaban J connectivity index is 5.11. The van der Waals surface area contributed by atoms with Crippen molar-refractivity contribution >= 4 is 47.3 Å². The van der Waals surface area contributed by atoms with Gasteiger partial charge in [0, 0.05) is 32.4 Å². The zero-order valence-corrected chi connectivity index (χ0v) is 53.0. The molecule has 0 fully saturated rings. The van der Waals surface area contributed by atoms with Gasteiger partial charge >= 0.3 is 0 Å². The van der Waals surface area contributed by atoms with Crippen molar-refractivity contribution in [2.45, 2.75) is 296 Å². The van der Waals surface area contributed by atoms with E-state index >= 15 is 0 Å². The highest BCUT2D eigenvalue weighted by molar-refractivity contribution is 5.96. The van der Waals surface area contributed by atoms with Crippen molar-refractivity contribution in [1.29, 1.82) is 0 Å². The van der Waals surface area contributed by atoms with Crippen molar-refractivity contribution in [2.24, 2.45) is 40.5 Å². The lowest BCUT2D eigenvalue weighted by atomic mass is 9.99. The summed E-state index contributed by atoms with van der Waals surface area (Å²) in [6.07, 6.45) is 28.0. The highest BCUT2D eigenvalue weighted by Crippen LogP contribution is 2.14. The summed E-state index contributed by atoms with van der Waals surface area (Å²) >= 11 is 0. The number of unbranched alkanes of at least 4 members (excludes halogenated alkanes) is 20. The zero-order valence-electron chi connectivity index (χ0n) is 53.0. The van der Waals surface area contributed by atoms with Crippen LogP contribution in [-0.4, -0.2) is 116 Å². The molecule has 84 heavy (non-hydrogen) atoms. The van der Waals surface area contributed by atoms with E-state index in [0.29, 0.717) is 84.0 Å². The third-order valence-corrected chi connectivity index (χ3v) is 14.6. The average Bonchev–Trinajstić information content (AvgIpc) is 3.63. The van der Waals surface area contributed by atoms with Crippen LogP contribution >= 0.6 is 0 Å². The minimum atomic E-state index is -1.12. The first kappa shape index (κ1) is 78.7. The molecule has 0 saturated heterocycles. The second-order valence-corrected chi connectivity index (χ2v) is 23.7. The number of hydrogen-bond acceptors (Lipinski definition) is 12. The van der Waals surface area contributed by atoms with Gasteiger partial charge in [-0.15, -0.1) is 0 Å². The van der Waals surface area contributed by atoms with Gasteiger partial charge < -0.3 is 65.9 Å². The summed E-state index contributed by atoms with van der Waals surface area (Å²) in [6.45, 7) is 12.9. The maximum Gasteiger partial charge on any atom is 0.243 e. The van der Waals surface area contributed by atoms with Crippen LogP contribution in [0.3, 0.4) is 0 Å². The summed E-state index contributed by atoms with van der Waals surface area (Å²) in [5, 5.41) is 19.4. The molecule has 0 aromatic rings. The van der Waals surface area contributed by atoms with Crippen molar-refractivity contribution in [3.05, 3.63) is 0 Å². The quantitative estimate of drug-likeness (QED) is 0.0249. The third-order valence-electron chi connectivity index (χ3n) is 14.6. The normalized spacial score (nSPS) is 13.6. The highest BCUT2D eigenvalue weighted by atomic mass is 16.2. The van der Waals surface area contributed by atoms with E-state index < -0.39 is 77.7 Å². The van der Waals surface area contributed by atoms with Crippen molar-refractivity contribution in [3.63, 3.8) is 0 Å². The Kier molecular flexibility index (Phi) is 48.8. The smallest absolute Gasteiger partial charge is 0.243 e. The first-order valence-electron chi connectivity index (χ1n) is 32.5. The van der Waals surface area contributed by atoms with E-state index in [2.05, 4.69) is 67.8 Å². The molecule has 20 heteroatoms. The maximum absolute atomic E-state index is 14.1. The van der Waals surface area contributed by atoms with E-state index in [9.17, 15) is 38.4 Å². The molecule has 0 aliphatic rings. The molecule has 0 heterocycles. The molecule has 0 rings (SSSR count). The van der Waals surface area contributed by atoms with Crippen molar-refractivity contribution < 1.29 is 38.4 Å². The number of hydrogen-bond donors (Lipinski definition) is 12. The van der Waals surface area contributed by atoms with E-state index in [1.54, 1.807) is 0 Å². The number of rotatable bonds is 52. The molecule has 0 bridgehead atoms. The maximum atomic E-state index is 14.1. The zero-order chi connectivity index (χ0) is 62.8. The van der Waals surface area contributed by atoms with E-state index in [0.717, 1.165) is 70.6 Å². The van der Waals surface area contributed by atoms with E-state index in [1.807, 2.05) is 27.7 Å². The van der Waals surface area contributed by atoms with Crippen LogP contribution in [0.2, 0.25) is 0 Å². The van der Waals surface area contributed by atoms with Gasteiger partial charge in [-0.2, -0.15) is 0 Å². The Hall–Kier alpha value is -5.28. The Morgan fingerprint density at radius 1 is 0.393 bits per heavy atom. The number of nitrogens with two attached hydrogens (primary N) is 5. The Morgan fingerprint density at radius 3 is 1.26 bits per heavy atom. The average molecular weight is 1180 g/mol. The van der Waals surface area contributed by atoms with Crippen LogP contribution in [0.15, 0.2) is 0 Å². The molecular formula is C64H118N12O8. The summed E-state index contributed by atoms with van der Waals surface area (Å²) in [6, 6.07) is -7.00. The fourth-order valence-electron chi connectivity index (χ4n) is 9.47. The van der Waals surface area contributed by atoms with Crippen molar-refractivity contribution in [1.82, 2.24) is 37.2 Å². The summed E-state index contributed by atoms with van der Waals surface area (Å²) < 4.78 is 0. The molecule has 7 atom stereocenters. The van der Waals surface area contributed by atoms with E-state index in [1.165, 1.54) is 64.7 Å². The highest BCUT2D eigenvalue weighted by Gasteiger charge is 2.32. The standard InChI is InChI=1S/C64H118N12O8/c1-7-8-9-10-11-12-13-14-15-16-17-18-19-20-21-22-23-24-25-26-27-28-41-57(77)70-44-35-31-39-53(58(69)78)73-59(79)50(6)72-63(83)55(46-48(2)3)76-64(84)56(47-49(4)5)75-62(82)54(74-61(81)52(68)38-30-34-43-66)40-32-36-45-71-60(80)51(67)37-29-33-42-65/h48-56H,7-17,22-47,65-68H2,1-6H3,(H2,69,78)(H,70,77)(H,71,80)(H,72,83)(H,73,79)(H,74,81)(H,75,82)(H,76,84)/t50-,51-,52-,53-,54-,55-,56-/m0/s1. The lowest BCUT2D eigenvalue weighted by molar-refractivity contribution is -0.135. The molecule has 482 valence electrons. The minimum absolute atomic E-state index is 0.0280. The number of nitrogens with one attached hydrogen (secondary N) is 7. The van der Waals surface area contributed by atoms with Gasteiger partial charge in [-0.3, -0.25) is 38.4 Å². The predicted octanol–water partition coefficient (Wildman–Crippen LogP) is 5.93. The summed E-state index contributed by atoms with van der Waals surface area (Å²) in [4.78, 5) is 106. The molecular weight excluding hydrogens is 1060 g/mol. The number of primary amides is 1. The SMILES string of the molecule is CCCCCCCCCCCCC#CC#CCCCCCCCCC(=O)NCCCC[C@H](NC(=O)[C@H](C)NC(=O)[C@H](CC(C)C)NC(=O)[C@H](CC(C)C)NC(=O)[C@H](CCCCNC(=O)[C@@H](N)CCCCN)NC(=O)[C@@H](N)CCCCN)C(N)=O. The topological polar surface area (TPSA) is 351 Å². The van der Waals surface area contributed by atoms with Crippen LogP contribution in [0.4, 0.5) is 0 Å². The summed E-state index contributed by atoms with van der Waals surface area (Å²) in [5.41, 5.74) is 29.1.